The fraction of sp³-hybridized carbons (Fsp3) is 0.308. The number of nitro groups is 1. The average Bonchev–Trinajstić information content (AvgIpc) is 2.91. The molecule has 0 saturated carbocycles. The molecule has 21 heavy (non-hydrogen) atoms. The largest absolute Gasteiger partial charge is 0.354 e. The van der Waals surface area contributed by atoms with E-state index >= 15 is 0 Å². The van der Waals surface area contributed by atoms with Gasteiger partial charge in [-0.3, -0.25) is 14.9 Å². The number of amides is 1. The highest BCUT2D eigenvalue weighted by molar-refractivity contribution is 5.98. The summed E-state index contributed by atoms with van der Waals surface area (Å²) in [6.07, 6.45) is -0.528. The number of fused-ring (bicyclic) bond motifs is 1. The second-order valence-electron chi connectivity index (χ2n) is 4.32. The molecular formula is C13H15N3O5. The number of carbonyl (C=O) groups excluding carboxylic acids is 1. The number of hydrogen-bond acceptors (Lipinski definition) is 5. The van der Waals surface area contributed by atoms with Crippen LogP contribution in [0.4, 0.5) is 5.69 Å². The summed E-state index contributed by atoms with van der Waals surface area (Å²) in [5, 5.41) is 14.0. The molecule has 0 aliphatic carbocycles. The van der Waals surface area contributed by atoms with Gasteiger partial charge in [0.25, 0.3) is 11.6 Å². The van der Waals surface area contributed by atoms with Crippen LogP contribution in [0.3, 0.4) is 0 Å². The lowest BCUT2D eigenvalue weighted by Crippen LogP contribution is -2.34. The van der Waals surface area contributed by atoms with E-state index < -0.39 is 11.2 Å². The minimum absolute atomic E-state index is 0.0210. The summed E-state index contributed by atoms with van der Waals surface area (Å²) in [5.41, 5.74) is 0.949. The topological polar surface area (TPSA) is 106 Å². The molecule has 0 unspecified atom stereocenters. The van der Waals surface area contributed by atoms with E-state index in [0.29, 0.717) is 16.6 Å². The third-order valence-corrected chi connectivity index (χ3v) is 3.01. The highest BCUT2D eigenvalue weighted by Gasteiger charge is 2.14. The zero-order valence-corrected chi connectivity index (χ0v) is 11.6. The molecule has 2 N–H and O–H groups in total. The molecule has 1 aromatic heterocycles. The molecular weight excluding hydrogens is 278 g/mol. The van der Waals surface area contributed by atoms with E-state index in [2.05, 4.69) is 10.3 Å². The Labute approximate surface area is 120 Å². The van der Waals surface area contributed by atoms with Crippen LogP contribution in [0.5, 0.6) is 0 Å². The van der Waals surface area contributed by atoms with E-state index in [-0.39, 0.29) is 18.1 Å². The molecule has 2 aromatic rings. The monoisotopic (exact) mass is 293 g/mol. The Hall–Kier alpha value is -2.45. The second kappa shape index (κ2) is 6.33. The number of H-pyrrole nitrogens is 1. The van der Waals surface area contributed by atoms with E-state index in [1.165, 1.54) is 26.4 Å². The van der Waals surface area contributed by atoms with Gasteiger partial charge >= 0.3 is 0 Å². The van der Waals surface area contributed by atoms with Crippen LogP contribution in [0.25, 0.3) is 10.9 Å². The van der Waals surface area contributed by atoms with E-state index in [9.17, 15) is 14.9 Å². The van der Waals surface area contributed by atoms with Gasteiger partial charge in [0.15, 0.2) is 6.29 Å². The normalized spacial score (nSPS) is 11.0. The van der Waals surface area contributed by atoms with Gasteiger partial charge in [-0.1, -0.05) is 0 Å². The molecule has 0 aliphatic rings. The number of aromatic nitrogens is 1. The Morgan fingerprint density at radius 1 is 1.38 bits per heavy atom. The third-order valence-electron chi connectivity index (χ3n) is 3.01. The lowest BCUT2D eigenvalue weighted by Gasteiger charge is -2.13. The van der Waals surface area contributed by atoms with Crippen LogP contribution < -0.4 is 5.32 Å². The van der Waals surface area contributed by atoms with Gasteiger partial charge in [-0.25, -0.2) is 0 Å². The first-order valence-corrected chi connectivity index (χ1v) is 6.16. The quantitative estimate of drug-likeness (QED) is 0.476. The number of non-ortho nitro benzene ring substituents is 1. The number of carbonyl (C=O) groups is 1. The highest BCUT2D eigenvalue weighted by Crippen LogP contribution is 2.21. The van der Waals surface area contributed by atoms with Gasteiger partial charge < -0.3 is 19.8 Å². The van der Waals surface area contributed by atoms with E-state index in [4.69, 9.17) is 9.47 Å². The summed E-state index contributed by atoms with van der Waals surface area (Å²) in [4.78, 5) is 25.1. The Morgan fingerprint density at radius 3 is 2.71 bits per heavy atom. The van der Waals surface area contributed by atoms with Crippen molar-refractivity contribution in [2.45, 2.75) is 6.29 Å². The van der Waals surface area contributed by atoms with E-state index in [0.717, 1.165) is 0 Å². The molecule has 0 aliphatic heterocycles. The lowest BCUT2D eigenvalue weighted by atomic mass is 10.2. The summed E-state index contributed by atoms with van der Waals surface area (Å²) in [7, 11) is 2.95. The van der Waals surface area contributed by atoms with E-state index in [1.807, 2.05) is 0 Å². The zero-order chi connectivity index (χ0) is 15.4. The Morgan fingerprint density at radius 2 is 2.10 bits per heavy atom. The first-order valence-electron chi connectivity index (χ1n) is 6.16. The van der Waals surface area contributed by atoms with Gasteiger partial charge in [-0.05, 0) is 12.1 Å². The second-order valence-corrected chi connectivity index (χ2v) is 4.32. The zero-order valence-electron chi connectivity index (χ0n) is 11.6. The average molecular weight is 293 g/mol. The number of nitrogens with zero attached hydrogens (tertiary/aromatic N) is 1. The Kier molecular flexibility index (Phi) is 4.51. The molecule has 0 bridgehead atoms. The summed E-state index contributed by atoms with van der Waals surface area (Å²) in [6, 6.07) is 5.92. The van der Waals surface area contributed by atoms with Crippen LogP contribution >= 0.6 is 0 Å². The number of rotatable bonds is 6. The summed E-state index contributed by atoms with van der Waals surface area (Å²) < 4.78 is 9.93. The number of nitrogens with one attached hydrogen (secondary N) is 2. The predicted molar refractivity (Wildman–Crippen MR) is 75.1 cm³/mol. The SMILES string of the molecule is COC(CNC(=O)c1cc2cc([N+](=O)[O-])ccc2[nH]1)OC. The minimum atomic E-state index is -0.528. The fourth-order valence-electron chi connectivity index (χ4n) is 1.89. The molecule has 8 heteroatoms. The first kappa shape index (κ1) is 14.9. The Bertz CT molecular complexity index is 663. The molecule has 0 spiro atoms. The van der Waals surface area contributed by atoms with Crippen molar-refractivity contribution in [1.82, 2.24) is 10.3 Å². The van der Waals surface area contributed by atoms with Crippen LogP contribution in [0.1, 0.15) is 10.5 Å². The van der Waals surface area contributed by atoms with Crippen molar-refractivity contribution in [3.8, 4) is 0 Å². The highest BCUT2D eigenvalue weighted by atomic mass is 16.7. The fourth-order valence-corrected chi connectivity index (χ4v) is 1.89. The number of aromatic amines is 1. The predicted octanol–water partition coefficient (Wildman–Crippen LogP) is 1.42. The van der Waals surface area contributed by atoms with Crippen molar-refractivity contribution >= 4 is 22.5 Å². The minimum Gasteiger partial charge on any atom is -0.354 e. The molecule has 8 nitrogen and oxygen atoms in total. The maximum absolute atomic E-state index is 12.0. The van der Waals surface area contributed by atoms with Gasteiger partial charge in [0.1, 0.15) is 5.69 Å². The first-order chi connectivity index (χ1) is 10.0. The van der Waals surface area contributed by atoms with Crippen LogP contribution in [-0.4, -0.2) is 42.9 Å². The molecule has 0 fully saturated rings. The summed E-state index contributed by atoms with van der Waals surface area (Å²) in [5.74, 6) is -0.340. The molecule has 1 aromatic carbocycles. The van der Waals surface area contributed by atoms with Crippen molar-refractivity contribution in [2.75, 3.05) is 20.8 Å². The number of ether oxygens (including phenoxy) is 2. The van der Waals surface area contributed by atoms with E-state index in [1.54, 1.807) is 12.1 Å². The maximum atomic E-state index is 12.0. The number of methoxy groups -OCH3 is 2. The summed E-state index contributed by atoms with van der Waals surface area (Å²) >= 11 is 0. The van der Waals surface area contributed by atoms with Crippen LogP contribution in [-0.2, 0) is 9.47 Å². The molecule has 2 rings (SSSR count). The Balaban J connectivity index is 2.15. The van der Waals surface area contributed by atoms with Crippen molar-refractivity contribution in [3.05, 3.63) is 40.1 Å². The van der Waals surface area contributed by atoms with Gasteiger partial charge in [0, 0.05) is 37.3 Å². The van der Waals surface area contributed by atoms with Crippen LogP contribution in [0.2, 0.25) is 0 Å². The molecule has 0 atom stereocenters. The van der Waals surface area contributed by atoms with Gasteiger partial charge in [-0.2, -0.15) is 0 Å². The molecule has 112 valence electrons. The lowest BCUT2D eigenvalue weighted by molar-refractivity contribution is -0.384. The standard InChI is InChI=1S/C13H15N3O5/c1-20-12(21-2)7-14-13(17)11-6-8-5-9(16(18)19)3-4-10(8)15-11/h3-6,12,15H,7H2,1-2H3,(H,14,17). The molecule has 0 radical (unpaired) electrons. The van der Waals surface area contributed by atoms with Crippen molar-refractivity contribution in [1.29, 1.82) is 0 Å². The number of hydrogen-bond donors (Lipinski definition) is 2. The van der Waals surface area contributed by atoms with Gasteiger partial charge in [0.05, 0.1) is 11.5 Å². The van der Waals surface area contributed by atoms with Crippen molar-refractivity contribution < 1.29 is 19.2 Å². The number of benzene rings is 1. The third kappa shape index (κ3) is 3.36. The molecule has 1 heterocycles. The van der Waals surface area contributed by atoms with Crippen LogP contribution in [0, 0.1) is 10.1 Å². The van der Waals surface area contributed by atoms with Gasteiger partial charge in [-0.15, -0.1) is 0 Å². The smallest absolute Gasteiger partial charge is 0.270 e. The molecule has 0 saturated heterocycles. The molecule has 1 amide bonds. The van der Waals surface area contributed by atoms with Crippen molar-refractivity contribution in [2.24, 2.45) is 0 Å². The van der Waals surface area contributed by atoms with Crippen LogP contribution in [0.15, 0.2) is 24.3 Å². The van der Waals surface area contributed by atoms with Crippen molar-refractivity contribution in [3.63, 3.8) is 0 Å². The van der Waals surface area contributed by atoms with Gasteiger partial charge in [0.2, 0.25) is 0 Å². The summed E-state index contributed by atoms with van der Waals surface area (Å²) in [6.45, 7) is 0.196. The number of nitro benzene ring substituents is 1. The maximum Gasteiger partial charge on any atom is 0.270 e.